The van der Waals surface area contributed by atoms with Gasteiger partial charge in [0.25, 0.3) is 0 Å². The number of esters is 1. The van der Waals surface area contributed by atoms with Gasteiger partial charge >= 0.3 is 5.97 Å². The number of hydrogen-bond acceptors (Lipinski definition) is 3. The molecule has 0 aliphatic carbocycles. The number of methoxy groups -OCH3 is 2. The van der Waals surface area contributed by atoms with Crippen molar-refractivity contribution in [2.24, 2.45) is 0 Å². The quantitative estimate of drug-likeness (QED) is 0.451. The fourth-order valence-electron chi connectivity index (χ4n) is 3.51. The number of aromatic nitrogens is 1. The molecule has 0 aliphatic rings. The van der Waals surface area contributed by atoms with Crippen LogP contribution in [0.5, 0.6) is 5.75 Å². The maximum Gasteiger partial charge on any atom is 0.337 e. The van der Waals surface area contributed by atoms with Gasteiger partial charge in [0.05, 0.1) is 25.3 Å². The fraction of sp³-hybridized carbons (Fsp3) is 0.125. The molecule has 4 aromatic rings. The predicted octanol–water partition coefficient (Wildman–Crippen LogP) is 5.40. The van der Waals surface area contributed by atoms with Gasteiger partial charge in [-0.2, -0.15) is 0 Å². The number of hydrogen-bond donors (Lipinski definition) is 0. The van der Waals surface area contributed by atoms with E-state index >= 15 is 0 Å². The van der Waals surface area contributed by atoms with Gasteiger partial charge in [-0.1, -0.05) is 24.3 Å². The number of fused-ring (bicyclic) bond motifs is 1. The van der Waals surface area contributed by atoms with Crippen LogP contribution in [0.3, 0.4) is 0 Å². The molecule has 0 N–H and O–H groups in total. The predicted molar refractivity (Wildman–Crippen MR) is 111 cm³/mol. The van der Waals surface area contributed by atoms with Crippen LogP contribution in [0.25, 0.3) is 27.7 Å². The largest absolute Gasteiger partial charge is 0.497 e. The highest BCUT2D eigenvalue weighted by molar-refractivity contribution is 5.90. The molecule has 140 valence electrons. The van der Waals surface area contributed by atoms with E-state index in [0.29, 0.717) is 5.56 Å². The maximum atomic E-state index is 11.7. The molecule has 0 amide bonds. The minimum Gasteiger partial charge on any atom is -0.497 e. The van der Waals surface area contributed by atoms with E-state index in [2.05, 4.69) is 47.9 Å². The molecule has 0 saturated heterocycles. The summed E-state index contributed by atoms with van der Waals surface area (Å²) < 4.78 is 12.2. The van der Waals surface area contributed by atoms with Gasteiger partial charge in [-0.25, -0.2) is 4.79 Å². The Balaban J connectivity index is 1.80. The smallest absolute Gasteiger partial charge is 0.337 e. The van der Waals surface area contributed by atoms with E-state index in [0.717, 1.165) is 33.8 Å². The second-order valence-electron chi connectivity index (χ2n) is 6.66. The number of carbonyl (C=O) groups excluding carboxylic acids is 1. The Morgan fingerprint density at radius 1 is 0.821 bits per heavy atom. The molecule has 3 aromatic carbocycles. The van der Waals surface area contributed by atoms with E-state index < -0.39 is 0 Å². The average molecular weight is 371 g/mol. The molecule has 0 bridgehead atoms. The lowest BCUT2D eigenvalue weighted by Crippen LogP contribution is -2.02. The van der Waals surface area contributed by atoms with Gasteiger partial charge < -0.3 is 14.0 Å². The van der Waals surface area contributed by atoms with Crippen LogP contribution in [0.1, 0.15) is 16.1 Å². The Morgan fingerprint density at radius 3 is 2.14 bits per heavy atom. The number of rotatable bonds is 4. The summed E-state index contributed by atoms with van der Waals surface area (Å²) >= 11 is 0. The van der Waals surface area contributed by atoms with Crippen molar-refractivity contribution in [3.8, 4) is 22.6 Å². The molecule has 28 heavy (non-hydrogen) atoms. The molecule has 0 fully saturated rings. The zero-order valence-corrected chi connectivity index (χ0v) is 16.1. The van der Waals surface area contributed by atoms with Crippen LogP contribution < -0.4 is 4.74 Å². The molecule has 0 spiro atoms. The summed E-state index contributed by atoms with van der Waals surface area (Å²) in [4.78, 5) is 11.7. The molecule has 4 nitrogen and oxygen atoms in total. The normalized spacial score (nSPS) is 10.8. The van der Waals surface area contributed by atoms with Crippen molar-refractivity contribution in [2.45, 2.75) is 6.92 Å². The zero-order valence-electron chi connectivity index (χ0n) is 16.1. The Bertz CT molecular complexity index is 1140. The summed E-state index contributed by atoms with van der Waals surface area (Å²) in [6, 6.07) is 24.2. The lowest BCUT2D eigenvalue weighted by Gasteiger charge is -2.11. The standard InChI is InChI=1S/C24H21NO3/c1-16-14-20-5-4-19(17-8-12-22(27-2)13-9-17)15-23(20)25(16)21-10-6-18(7-11-21)24(26)28-3/h4-15H,1-3H3. The zero-order chi connectivity index (χ0) is 19.7. The molecule has 4 heteroatoms. The van der Waals surface area contributed by atoms with Crippen LogP contribution in [-0.2, 0) is 4.74 Å². The summed E-state index contributed by atoms with van der Waals surface area (Å²) in [5.74, 6) is 0.511. The van der Waals surface area contributed by atoms with Gasteiger partial charge in [-0.15, -0.1) is 0 Å². The number of aryl methyl sites for hydroxylation is 1. The fourth-order valence-corrected chi connectivity index (χ4v) is 3.51. The van der Waals surface area contributed by atoms with E-state index in [1.54, 1.807) is 19.2 Å². The molecule has 0 radical (unpaired) electrons. The van der Waals surface area contributed by atoms with Crippen molar-refractivity contribution < 1.29 is 14.3 Å². The van der Waals surface area contributed by atoms with E-state index in [1.807, 2.05) is 24.3 Å². The van der Waals surface area contributed by atoms with E-state index in [9.17, 15) is 4.79 Å². The first kappa shape index (κ1) is 17.9. The summed E-state index contributed by atoms with van der Waals surface area (Å²) in [6.07, 6.45) is 0. The van der Waals surface area contributed by atoms with Crippen molar-refractivity contribution in [3.05, 3.63) is 84.1 Å². The number of nitrogens with zero attached hydrogens (tertiary/aromatic N) is 1. The monoisotopic (exact) mass is 371 g/mol. The van der Waals surface area contributed by atoms with Crippen LogP contribution in [0.15, 0.2) is 72.8 Å². The molecule has 4 rings (SSSR count). The lowest BCUT2D eigenvalue weighted by molar-refractivity contribution is 0.0601. The Labute approximate surface area is 163 Å². The van der Waals surface area contributed by atoms with Crippen molar-refractivity contribution in [3.63, 3.8) is 0 Å². The Hall–Kier alpha value is -3.53. The first-order valence-electron chi connectivity index (χ1n) is 9.06. The molecule has 1 aromatic heterocycles. The SMILES string of the molecule is COC(=O)c1ccc(-n2c(C)cc3ccc(-c4ccc(OC)cc4)cc32)cc1. The molecule has 0 saturated carbocycles. The average Bonchev–Trinajstić information content (AvgIpc) is 3.08. The topological polar surface area (TPSA) is 40.5 Å². The number of carbonyl (C=O) groups is 1. The summed E-state index contributed by atoms with van der Waals surface area (Å²) in [6.45, 7) is 2.08. The van der Waals surface area contributed by atoms with Crippen LogP contribution in [0.4, 0.5) is 0 Å². The van der Waals surface area contributed by atoms with Crippen LogP contribution in [0.2, 0.25) is 0 Å². The second kappa shape index (κ2) is 7.24. The van der Waals surface area contributed by atoms with Crippen LogP contribution >= 0.6 is 0 Å². The highest BCUT2D eigenvalue weighted by atomic mass is 16.5. The van der Waals surface area contributed by atoms with Crippen molar-refractivity contribution in [1.82, 2.24) is 4.57 Å². The van der Waals surface area contributed by atoms with Crippen molar-refractivity contribution in [2.75, 3.05) is 14.2 Å². The summed E-state index contributed by atoms with van der Waals surface area (Å²) in [7, 11) is 3.06. The first-order valence-corrected chi connectivity index (χ1v) is 9.06. The van der Waals surface area contributed by atoms with Gasteiger partial charge in [0, 0.05) is 16.8 Å². The van der Waals surface area contributed by atoms with E-state index in [4.69, 9.17) is 9.47 Å². The molecular formula is C24H21NO3. The Kier molecular flexibility index (Phi) is 4.62. The van der Waals surface area contributed by atoms with Gasteiger partial charge in [0.2, 0.25) is 0 Å². The van der Waals surface area contributed by atoms with Gasteiger partial charge in [0.15, 0.2) is 0 Å². The van der Waals surface area contributed by atoms with E-state index in [1.165, 1.54) is 12.5 Å². The molecule has 0 atom stereocenters. The molecule has 0 aliphatic heterocycles. The van der Waals surface area contributed by atoms with Crippen molar-refractivity contribution >= 4 is 16.9 Å². The second-order valence-corrected chi connectivity index (χ2v) is 6.66. The summed E-state index contributed by atoms with van der Waals surface area (Å²) in [5, 5.41) is 1.17. The van der Waals surface area contributed by atoms with Gasteiger partial charge in [0.1, 0.15) is 5.75 Å². The number of ether oxygens (including phenoxy) is 2. The minimum atomic E-state index is -0.331. The Morgan fingerprint density at radius 2 is 1.50 bits per heavy atom. The minimum absolute atomic E-state index is 0.331. The molecular weight excluding hydrogens is 350 g/mol. The number of benzene rings is 3. The van der Waals surface area contributed by atoms with Crippen molar-refractivity contribution in [1.29, 1.82) is 0 Å². The van der Waals surface area contributed by atoms with Crippen LogP contribution in [0, 0.1) is 6.92 Å². The van der Waals surface area contributed by atoms with Crippen LogP contribution in [-0.4, -0.2) is 24.8 Å². The third-order valence-electron chi connectivity index (χ3n) is 4.96. The third kappa shape index (κ3) is 3.14. The molecule has 1 heterocycles. The first-order chi connectivity index (χ1) is 13.6. The lowest BCUT2D eigenvalue weighted by atomic mass is 10.0. The maximum absolute atomic E-state index is 11.7. The van der Waals surface area contributed by atoms with E-state index in [-0.39, 0.29) is 5.97 Å². The molecule has 0 unspecified atom stereocenters. The third-order valence-corrected chi connectivity index (χ3v) is 4.96. The summed E-state index contributed by atoms with van der Waals surface area (Å²) in [5.41, 5.74) is 6.07. The van der Waals surface area contributed by atoms with Gasteiger partial charge in [-0.05, 0) is 66.6 Å². The highest BCUT2D eigenvalue weighted by Gasteiger charge is 2.11. The highest BCUT2D eigenvalue weighted by Crippen LogP contribution is 2.30. The van der Waals surface area contributed by atoms with Gasteiger partial charge in [-0.3, -0.25) is 0 Å².